The Hall–Kier alpha value is -1.02. The Morgan fingerprint density at radius 2 is 2.15 bits per heavy atom. The summed E-state index contributed by atoms with van der Waals surface area (Å²) in [5.74, 6) is 0. The zero-order valence-corrected chi connectivity index (χ0v) is 8.16. The van der Waals surface area contributed by atoms with Crippen LogP contribution in [0.5, 0.6) is 0 Å². The fourth-order valence-corrected chi connectivity index (χ4v) is 1.93. The molecule has 0 fully saturated rings. The molecular weight excluding hydrogens is 162 g/mol. The van der Waals surface area contributed by atoms with Crippen molar-refractivity contribution in [3.8, 4) is 0 Å². The summed E-state index contributed by atoms with van der Waals surface area (Å²) in [7, 11) is 3.90. The molecule has 1 heterocycles. The van der Waals surface area contributed by atoms with Crippen molar-refractivity contribution in [2.45, 2.75) is 12.5 Å². The Morgan fingerprint density at radius 3 is 2.92 bits per heavy atom. The molecule has 0 bridgehead atoms. The molecule has 0 saturated heterocycles. The van der Waals surface area contributed by atoms with Crippen molar-refractivity contribution in [2.24, 2.45) is 0 Å². The number of methoxy groups -OCH3 is 1. The van der Waals surface area contributed by atoms with Gasteiger partial charge in [0.25, 0.3) is 0 Å². The van der Waals surface area contributed by atoms with Crippen LogP contribution in [-0.4, -0.2) is 26.8 Å². The molecule has 70 valence electrons. The van der Waals surface area contributed by atoms with Crippen molar-refractivity contribution >= 4 is 5.69 Å². The molecule has 2 rings (SSSR count). The van der Waals surface area contributed by atoms with Gasteiger partial charge in [-0.25, -0.2) is 0 Å². The first-order valence-electron chi connectivity index (χ1n) is 4.63. The summed E-state index contributed by atoms with van der Waals surface area (Å²) in [6, 6.07) is 8.52. The highest BCUT2D eigenvalue weighted by molar-refractivity contribution is 5.55. The lowest BCUT2D eigenvalue weighted by atomic mass is 10.0. The van der Waals surface area contributed by atoms with Crippen LogP contribution in [0.3, 0.4) is 0 Å². The van der Waals surface area contributed by atoms with Crippen LogP contribution in [0, 0.1) is 0 Å². The van der Waals surface area contributed by atoms with Gasteiger partial charge in [0.15, 0.2) is 0 Å². The minimum Gasteiger partial charge on any atom is -0.379 e. The molecule has 0 N–H and O–H groups in total. The second-order valence-electron chi connectivity index (χ2n) is 3.57. The van der Waals surface area contributed by atoms with Gasteiger partial charge in [0.05, 0.1) is 6.10 Å². The molecule has 1 atom stereocenters. The normalized spacial score (nSPS) is 21.4. The maximum atomic E-state index is 5.38. The zero-order chi connectivity index (χ0) is 9.26. The van der Waals surface area contributed by atoms with E-state index in [-0.39, 0.29) is 0 Å². The summed E-state index contributed by atoms with van der Waals surface area (Å²) in [5, 5.41) is 0. The Morgan fingerprint density at radius 1 is 1.38 bits per heavy atom. The molecular formula is C11H15NO. The standard InChI is InChI=1S/C11H15NO/c1-12-8-10(13-2)7-9-5-3-4-6-11(9)12/h3-6,10H,7-8H2,1-2H3. The predicted molar refractivity (Wildman–Crippen MR) is 54.2 cm³/mol. The molecule has 0 aromatic heterocycles. The van der Waals surface area contributed by atoms with Crippen LogP contribution in [0.2, 0.25) is 0 Å². The van der Waals surface area contributed by atoms with Gasteiger partial charge in [0.2, 0.25) is 0 Å². The van der Waals surface area contributed by atoms with Crippen LogP contribution in [0.25, 0.3) is 0 Å². The van der Waals surface area contributed by atoms with Crippen molar-refractivity contribution in [3.05, 3.63) is 29.8 Å². The third-order valence-electron chi connectivity index (χ3n) is 2.66. The maximum Gasteiger partial charge on any atom is 0.0786 e. The maximum absolute atomic E-state index is 5.38. The number of likely N-dealkylation sites (N-methyl/N-ethyl adjacent to an activating group) is 1. The molecule has 0 amide bonds. The van der Waals surface area contributed by atoms with Crippen LogP contribution in [0.1, 0.15) is 5.56 Å². The Labute approximate surface area is 79.1 Å². The highest BCUT2D eigenvalue weighted by Gasteiger charge is 2.20. The molecule has 1 aliphatic rings. The number of rotatable bonds is 1. The lowest BCUT2D eigenvalue weighted by molar-refractivity contribution is 0.105. The summed E-state index contributed by atoms with van der Waals surface area (Å²) in [6.45, 7) is 0.994. The topological polar surface area (TPSA) is 12.5 Å². The van der Waals surface area contributed by atoms with Crippen LogP contribution < -0.4 is 4.90 Å². The van der Waals surface area contributed by atoms with Crippen LogP contribution in [0.4, 0.5) is 5.69 Å². The molecule has 2 nitrogen and oxygen atoms in total. The first-order valence-corrected chi connectivity index (χ1v) is 4.63. The smallest absolute Gasteiger partial charge is 0.0786 e. The Balaban J connectivity index is 2.31. The lowest BCUT2D eigenvalue weighted by Gasteiger charge is -2.32. The van der Waals surface area contributed by atoms with Crippen molar-refractivity contribution in [3.63, 3.8) is 0 Å². The first-order chi connectivity index (χ1) is 6.31. The molecule has 0 spiro atoms. The van der Waals surface area contributed by atoms with Crippen molar-refractivity contribution < 1.29 is 4.74 Å². The summed E-state index contributed by atoms with van der Waals surface area (Å²) in [6.07, 6.45) is 1.39. The lowest BCUT2D eigenvalue weighted by Crippen LogP contribution is -2.36. The molecule has 1 aliphatic heterocycles. The number of benzene rings is 1. The molecule has 2 heteroatoms. The van der Waals surface area contributed by atoms with Gasteiger partial charge < -0.3 is 9.64 Å². The third-order valence-corrected chi connectivity index (χ3v) is 2.66. The van der Waals surface area contributed by atoms with Crippen molar-refractivity contribution in [2.75, 3.05) is 25.6 Å². The van der Waals surface area contributed by atoms with E-state index >= 15 is 0 Å². The number of hydrogen-bond acceptors (Lipinski definition) is 2. The van der Waals surface area contributed by atoms with Gasteiger partial charge in [-0.05, 0) is 11.6 Å². The fourth-order valence-electron chi connectivity index (χ4n) is 1.93. The van der Waals surface area contributed by atoms with Gasteiger partial charge in [0, 0.05) is 32.8 Å². The first kappa shape index (κ1) is 8.57. The average Bonchev–Trinajstić information content (AvgIpc) is 2.18. The molecule has 1 unspecified atom stereocenters. The molecule has 1 aromatic carbocycles. The highest BCUT2D eigenvalue weighted by Crippen LogP contribution is 2.26. The molecule has 0 radical (unpaired) electrons. The Kier molecular flexibility index (Phi) is 2.23. The number of anilines is 1. The van der Waals surface area contributed by atoms with E-state index in [1.807, 2.05) is 0 Å². The van der Waals surface area contributed by atoms with Gasteiger partial charge in [-0.3, -0.25) is 0 Å². The molecule has 1 aromatic rings. The van der Waals surface area contributed by atoms with E-state index in [4.69, 9.17) is 4.74 Å². The van der Waals surface area contributed by atoms with Crippen molar-refractivity contribution in [1.82, 2.24) is 0 Å². The minimum atomic E-state index is 0.347. The monoisotopic (exact) mass is 177 g/mol. The molecule has 13 heavy (non-hydrogen) atoms. The van der Waals surface area contributed by atoms with Gasteiger partial charge >= 0.3 is 0 Å². The summed E-state index contributed by atoms with van der Waals surface area (Å²) in [5.41, 5.74) is 2.74. The van der Waals surface area contributed by atoms with E-state index in [1.54, 1.807) is 7.11 Å². The zero-order valence-electron chi connectivity index (χ0n) is 8.16. The van der Waals surface area contributed by atoms with Gasteiger partial charge in [-0.2, -0.15) is 0 Å². The quantitative estimate of drug-likeness (QED) is 0.647. The third kappa shape index (κ3) is 1.54. The van der Waals surface area contributed by atoms with E-state index in [2.05, 4.69) is 36.2 Å². The SMILES string of the molecule is COC1Cc2ccccc2N(C)C1. The van der Waals surface area contributed by atoms with Crippen molar-refractivity contribution in [1.29, 1.82) is 0 Å². The van der Waals surface area contributed by atoms with E-state index < -0.39 is 0 Å². The largest absolute Gasteiger partial charge is 0.379 e. The predicted octanol–water partition coefficient (Wildman–Crippen LogP) is 1.69. The highest BCUT2D eigenvalue weighted by atomic mass is 16.5. The average molecular weight is 177 g/mol. The summed E-state index contributed by atoms with van der Waals surface area (Å²) < 4.78 is 5.38. The minimum absolute atomic E-state index is 0.347. The fraction of sp³-hybridized carbons (Fsp3) is 0.455. The van der Waals surface area contributed by atoms with Gasteiger partial charge in [-0.15, -0.1) is 0 Å². The summed E-state index contributed by atoms with van der Waals surface area (Å²) >= 11 is 0. The second kappa shape index (κ2) is 3.38. The van der Waals surface area contributed by atoms with Crippen LogP contribution in [0.15, 0.2) is 24.3 Å². The molecule has 0 saturated carbocycles. The van der Waals surface area contributed by atoms with Gasteiger partial charge in [-0.1, -0.05) is 18.2 Å². The second-order valence-corrected chi connectivity index (χ2v) is 3.57. The van der Waals surface area contributed by atoms with E-state index in [0.29, 0.717) is 6.10 Å². The van der Waals surface area contributed by atoms with Crippen LogP contribution in [-0.2, 0) is 11.2 Å². The Bertz CT molecular complexity index is 298. The number of ether oxygens (including phenoxy) is 1. The van der Waals surface area contributed by atoms with Gasteiger partial charge in [0.1, 0.15) is 0 Å². The van der Waals surface area contributed by atoms with E-state index in [0.717, 1.165) is 13.0 Å². The number of para-hydroxylation sites is 1. The van der Waals surface area contributed by atoms with E-state index in [9.17, 15) is 0 Å². The summed E-state index contributed by atoms with van der Waals surface area (Å²) in [4.78, 5) is 2.26. The number of hydrogen-bond donors (Lipinski definition) is 0. The van der Waals surface area contributed by atoms with Crippen LogP contribution >= 0.6 is 0 Å². The van der Waals surface area contributed by atoms with E-state index in [1.165, 1.54) is 11.3 Å². The number of fused-ring (bicyclic) bond motifs is 1. The molecule has 0 aliphatic carbocycles. The number of nitrogens with zero attached hydrogens (tertiary/aromatic N) is 1.